The lowest BCUT2D eigenvalue weighted by Gasteiger charge is -2.22. The van der Waals surface area contributed by atoms with Crippen molar-refractivity contribution in [1.82, 2.24) is 5.32 Å². The highest BCUT2D eigenvalue weighted by atomic mass is 16.6. The van der Waals surface area contributed by atoms with Crippen LogP contribution in [-0.4, -0.2) is 43.0 Å². The molecule has 0 aliphatic carbocycles. The minimum atomic E-state index is -1.33. The molecule has 0 unspecified atom stereocenters. The normalized spacial score (nSPS) is 16.4. The molecule has 24 heavy (non-hydrogen) atoms. The van der Waals surface area contributed by atoms with Crippen molar-refractivity contribution >= 4 is 11.9 Å². The number of carbonyl (C=O) groups is 2. The van der Waals surface area contributed by atoms with Gasteiger partial charge in [-0.1, -0.05) is 0 Å². The van der Waals surface area contributed by atoms with Gasteiger partial charge in [0.05, 0.1) is 18.6 Å². The first-order chi connectivity index (χ1) is 11.5. The summed E-state index contributed by atoms with van der Waals surface area (Å²) in [5.41, 5.74) is 5.29. The number of aliphatic hydroxyl groups is 1. The number of carbonyl (C=O) groups excluding carboxylic acids is 2. The Morgan fingerprint density at radius 2 is 1.92 bits per heavy atom. The zero-order valence-corrected chi connectivity index (χ0v) is 13.6. The molecule has 0 amide bonds. The highest BCUT2D eigenvalue weighted by molar-refractivity contribution is 5.96. The van der Waals surface area contributed by atoms with E-state index in [-0.39, 0.29) is 5.56 Å². The van der Waals surface area contributed by atoms with Crippen LogP contribution in [0.1, 0.15) is 36.0 Å². The van der Waals surface area contributed by atoms with Crippen molar-refractivity contribution in [2.75, 3.05) is 19.7 Å². The number of nitrogens with two attached hydrogens (primary N) is 1. The largest absolute Gasteiger partial charge is 0.494 e. The molecule has 2 rings (SSSR count). The van der Waals surface area contributed by atoms with Gasteiger partial charge in [0.1, 0.15) is 12.0 Å². The Bertz CT molecular complexity index is 538. The summed E-state index contributed by atoms with van der Waals surface area (Å²) in [5, 5.41) is 12.2. The van der Waals surface area contributed by atoms with E-state index >= 15 is 0 Å². The Morgan fingerprint density at radius 1 is 1.25 bits per heavy atom. The number of aliphatic hydroxyl groups excluding tert-OH is 1. The Balaban J connectivity index is 1.75. The van der Waals surface area contributed by atoms with Gasteiger partial charge in [0.2, 0.25) is 0 Å². The molecule has 1 atom stereocenters. The molecule has 1 aliphatic rings. The molecule has 0 aromatic heterocycles. The fourth-order valence-electron chi connectivity index (χ4n) is 2.58. The number of rotatable bonds is 7. The number of ether oxygens (including phenoxy) is 2. The first-order valence-electron chi connectivity index (χ1n) is 8.17. The number of hydrogen-bond donors (Lipinski definition) is 3. The molecule has 1 aliphatic heterocycles. The van der Waals surface area contributed by atoms with Crippen LogP contribution in [0.5, 0.6) is 5.75 Å². The molecule has 4 N–H and O–H groups in total. The molecule has 0 saturated carbocycles. The third-order valence-corrected chi connectivity index (χ3v) is 3.93. The highest BCUT2D eigenvalue weighted by Gasteiger charge is 2.15. The summed E-state index contributed by atoms with van der Waals surface area (Å²) in [6, 6.07) is 6.41. The molecule has 1 aromatic rings. The van der Waals surface area contributed by atoms with E-state index in [4.69, 9.17) is 15.6 Å². The summed E-state index contributed by atoms with van der Waals surface area (Å²) in [6.07, 6.45) is 1.62. The van der Waals surface area contributed by atoms with Crippen LogP contribution < -0.4 is 15.8 Å². The van der Waals surface area contributed by atoms with Crippen molar-refractivity contribution in [2.24, 2.45) is 11.7 Å². The van der Waals surface area contributed by atoms with Gasteiger partial charge in [-0.05, 0) is 62.5 Å². The monoisotopic (exact) mass is 336 g/mol. The second-order valence-corrected chi connectivity index (χ2v) is 5.89. The predicted octanol–water partition coefficient (Wildman–Crippen LogP) is 0.806. The zero-order valence-electron chi connectivity index (χ0n) is 13.6. The second kappa shape index (κ2) is 9.36. The lowest BCUT2D eigenvalue weighted by Crippen LogP contribution is -2.28. The Hall–Kier alpha value is -1.96. The fraction of sp³-hybridized carbons (Fsp3) is 0.529. The van der Waals surface area contributed by atoms with E-state index in [1.54, 1.807) is 12.1 Å². The van der Waals surface area contributed by atoms with Crippen molar-refractivity contribution in [3.05, 3.63) is 29.8 Å². The average molecular weight is 336 g/mol. The number of hydrogen-bond acceptors (Lipinski definition) is 7. The molecule has 0 spiro atoms. The third kappa shape index (κ3) is 6.27. The molecule has 1 saturated heterocycles. The minimum Gasteiger partial charge on any atom is -0.494 e. The Labute approximate surface area is 141 Å². The minimum absolute atomic E-state index is 0.237. The molecular formula is C17H24N2O5. The van der Waals surface area contributed by atoms with Crippen molar-refractivity contribution in [1.29, 1.82) is 0 Å². The quantitative estimate of drug-likeness (QED) is 0.384. The van der Waals surface area contributed by atoms with Crippen LogP contribution in [0.25, 0.3) is 0 Å². The van der Waals surface area contributed by atoms with E-state index in [1.165, 1.54) is 25.0 Å². The summed E-state index contributed by atoms with van der Waals surface area (Å²) in [4.78, 5) is 23.0. The van der Waals surface area contributed by atoms with Gasteiger partial charge < -0.3 is 25.6 Å². The molecule has 0 bridgehead atoms. The van der Waals surface area contributed by atoms with Crippen LogP contribution in [0.4, 0.5) is 0 Å². The van der Waals surface area contributed by atoms with Crippen LogP contribution in [0.3, 0.4) is 0 Å². The smallest absolute Gasteiger partial charge is 0.345 e. The summed E-state index contributed by atoms with van der Waals surface area (Å²) in [6.45, 7) is 2.78. The maximum Gasteiger partial charge on any atom is 0.345 e. The summed E-state index contributed by atoms with van der Waals surface area (Å²) in [5.74, 6) is -0.271. The summed E-state index contributed by atoms with van der Waals surface area (Å²) < 4.78 is 10.3. The number of benzene rings is 1. The van der Waals surface area contributed by atoms with E-state index < -0.39 is 24.6 Å². The molecule has 7 nitrogen and oxygen atoms in total. The third-order valence-electron chi connectivity index (χ3n) is 3.93. The van der Waals surface area contributed by atoms with Gasteiger partial charge in [0.15, 0.2) is 0 Å². The van der Waals surface area contributed by atoms with E-state index in [0.29, 0.717) is 18.3 Å². The first kappa shape index (κ1) is 18.4. The molecule has 1 heterocycles. The van der Waals surface area contributed by atoms with Gasteiger partial charge in [-0.3, -0.25) is 4.79 Å². The van der Waals surface area contributed by atoms with Crippen LogP contribution in [0, 0.1) is 5.92 Å². The van der Waals surface area contributed by atoms with Crippen LogP contribution in [-0.2, 0) is 9.53 Å². The van der Waals surface area contributed by atoms with E-state index in [1.807, 2.05) is 0 Å². The number of nitrogens with one attached hydrogen (secondary N) is 1. The SMILES string of the molecule is N[C@@H](O)CC(=O)OC(=O)c1ccc(OCCC2CCNCC2)cc1. The maximum atomic E-state index is 11.8. The molecule has 1 aromatic carbocycles. The molecular weight excluding hydrogens is 312 g/mol. The van der Waals surface area contributed by atoms with Gasteiger partial charge in [0.25, 0.3) is 0 Å². The topological polar surface area (TPSA) is 111 Å². The zero-order chi connectivity index (χ0) is 17.4. The fourth-order valence-corrected chi connectivity index (χ4v) is 2.58. The molecule has 1 fully saturated rings. The highest BCUT2D eigenvalue weighted by Crippen LogP contribution is 2.18. The average Bonchev–Trinajstić information content (AvgIpc) is 2.55. The van der Waals surface area contributed by atoms with Gasteiger partial charge in [-0.2, -0.15) is 0 Å². The lowest BCUT2D eigenvalue weighted by molar-refractivity contribution is -0.139. The standard InChI is InChI=1S/C17H24N2O5/c18-15(20)11-16(21)24-17(22)13-1-3-14(4-2-13)23-10-7-12-5-8-19-9-6-12/h1-4,12,15,19-20H,5-11,18H2/t15-/m0/s1. The first-order valence-corrected chi connectivity index (χ1v) is 8.17. The molecule has 132 valence electrons. The van der Waals surface area contributed by atoms with E-state index in [2.05, 4.69) is 10.1 Å². The molecule has 0 radical (unpaired) electrons. The van der Waals surface area contributed by atoms with Crippen LogP contribution in [0.15, 0.2) is 24.3 Å². The second-order valence-electron chi connectivity index (χ2n) is 5.89. The maximum absolute atomic E-state index is 11.8. The van der Waals surface area contributed by atoms with E-state index in [0.717, 1.165) is 19.5 Å². The number of esters is 2. The van der Waals surface area contributed by atoms with E-state index in [9.17, 15) is 9.59 Å². The van der Waals surface area contributed by atoms with Crippen LogP contribution in [0.2, 0.25) is 0 Å². The molecule has 7 heteroatoms. The van der Waals surface area contributed by atoms with Crippen molar-refractivity contribution in [3.8, 4) is 5.75 Å². The van der Waals surface area contributed by atoms with Crippen molar-refractivity contribution < 1.29 is 24.2 Å². The summed E-state index contributed by atoms with van der Waals surface area (Å²) in [7, 11) is 0. The number of piperidine rings is 1. The van der Waals surface area contributed by atoms with Gasteiger partial charge in [-0.25, -0.2) is 4.79 Å². The lowest BCUT2D eigenvalue weighted by atomic mass is 9.95. The Kier molecular flexibility index (Phi) is 7.17. The van der Waals surface area contributed by atoms with Gasteiger partial charge in [-0.15, -0.1) is 0 Å². The summed E-state index contributed by atoms with van der Waals surface area (Å²) >= 11 is 0. The van der Waals surface area contributed by atoms with Crippen molar-refractivity contribution in [3.63, 3.8) is 0 Å². The van der Waals surface area contributed by atoms with Crippen molar-refractivity contribution in [2.45, 2.75) is 31.9 Å². The van der Waals surface area contributed by atoms with Gasteiger partial charge >= 0.3 is 11.9 Å². The van der Waals surface area contributed by atoms with Gasteiger partial charge in [0, 0.05) is 0 Å². The predicted molar refractivity (Wildman–Crippen MR) is 87.4 cm³/mol. The van der Waals surface area contributed by atoms with Crippen LogP contribution >= 0.6 is 0 Å². The Morgan fingerprint density at radius 3 is 2.54 bits per heavy atom.